The molecule has 4 rings (SSSR count). The lowest BCUT2D eigenvalue weighted by Crippen LogP contribution is -2.54. The van der Waals surface area contributed by atoms with Gasteiger partial charge in [-0.15, -0.1) is 18.3 Å². The number of carbonyl (C=O) groups is 3. The van der Waals surface area contributed by atoms with Crippen molar-refractivity contribution < 1.29 is 24.6 Å². The molecule has 35 heavy (non-hydrogen) atoms. The summed E-state index contributed by atoms with van der Waals surface area (Å²) in [5, 5.41) is 19.2. The van der Waals surface area contributed by atoms with Crippen LogP contribution in [0.1, 0.15) is 51.0 Å². The number of amides is 2. The molecule has 3 fully saturated rings. The summed E-state index contributed by atoms with van der Waals surface area (Å²) in [4.78, 5) is 43.9. The standard InChI is InChI=1S/C27H36N2O5S/c1-3-15-28(18-19-11-7-6-8-12-19)24(32)22-27-14-13-26(2,35-27)21(25(33)34)20(27)23(31)29(22)16-9-4-5-10-17-30/h3,6-8,11-12,20-22,30H,1,4-5,9-10,13-18H2,2H3,(H,33,34)/t20-,21-,22?,26+,27?/m0/s1. The van der Waals surface area contributed by atoms with Gasteiger partial charge in [-0.2, -0.15) is 0 Å². The monoisotopic (exact) mass is 500 g/mol. The molecule has 3 aliphatic heterocycles. The SMILES string of the molecule is C=CCN(Cc1ccccc1)C(=O)C1N(CCCCCCO)C(=O)[C@@H]2[C@@H](C(=O)O)[C@@]3(C)CCC12S3. The molecule has 0 radical (unpaired) electrons. The molecule has 2 N–H and O–H groups in total. The summed E-state index contributed by atoms with van der Waals surface area (Å²) in [6, 6.07) is 9.07. The smallest absolute Gasteiger partial charge is 0.308 e. The van der Waals surface area contributed by atoms with Crippen LogP contribution in [0.3, 0.4) is 0 Å². The first-order chi connectivity index (χ1) is 16.8. The van der Waals surface area contributed by atoms with Crippen LogP contribution < -0.4 is 0 Å². The predicted octanol–water partition coefficient (Wildman–Crippen LogP) is 3.32. The van der Waals surface area contributed by atoms with Gasteiger partial charge in [0.15, 0.2) is 0 Å². The van der Waals surface area contributed by atoms with Gasteiger partial charge in [-0.05, 0) is 38.2 Å². The molecule has 3 aliphatic rings. The number of aliphatic hydroxyl groups is 1. The number of aliphatic carboxylic acids is 1. The fraction of sp³-hybridized carbons (Fsp3) is 0.593. The number of unbranched alkanes of at least 4 members (excludes halogenated alkanes) is 3. The maximum Gasteiger partial charge on any atom is 0.308 e. The highest BCUT2D eigenvalue weighted by molar-refractivity contribution is 8.02. The summed E-state index contributed by atoms with van der Waals surface area (Å²) in [5.41, 5.74) is 0.996. The lowest BCUT2D eigenvalue weighted by atomic mass is 9.66. The Balaban J connectivity index is 1.67. The predicted molar refractivity (Wildman–Crippen MR) is 136 cm³/mol. The highest BCUT2D eigenvalue weighted by atomic mass is 32.2. The summed E-state index contributed by atoms with van der Waals surface area (Å²) in [5.74, 6) is -2.72. The van der Waals surface area contributed by atoms with Gasteiger partial charge in [0.2, 0.25) is 11.8 Å². The van der Waals surface area contributed by atoms with Crippen molar-refractivity contribution >= 4 is 29.5 Å². The van der Waals surface area contributed by atoms with Crippen LogP contribution in [0, 0.1) is 11.8 Å². The Morgan fingerprint density at radius 1 is 1.20 bits per heavy atom. The van der Waals surface area contributed by atoms with Crippen molar-refractivity contribution in [1.29, 1.82) is 0 Å². The van der Waals surface area contributed by atoms with E-state index >= 15 is 0 Å². The normalized spacial score (nSPS) is 31.0. The van der Waals surface area contributed by atoms with Crippen molar-refractivity contribution in [1.82, 2.24) is 9.80 Å². The summed E-state index contributed by atoms with van der Waals surface area (Å²) in [6.45, 7) is 7.12. The maximum atomic E-state index is 14.2. The van der Waals surface area contributed by atoms with E-state index in [0.29, 0.717) is 38.9 Å². The van der Waals surface area contributed by atoms with Crippen LogP contribution >= 0.6 is 11.8 Å². The van der Waals surface area contributed by atoms with Crippen molar-refractivity contribution in [2.45, 2.75) is 67.5 Å². The fourth-order valence-electron chi connectivity index (χ4n) is 6.43. The van der Waals surface area contributed by atoms with Crippen molar-refractivity contribution in [3.05, 3.63) is 48.6 Å². The van der Waals surface area contributed by atoms with Gasteiger partial charge in [0.1, 0.15) is 6.04 Å². The minimum absolute atomic E-state index is 0.122. The molecule has 190 valence electrons. The van der Waals surface area contributed by atoms with Crippen LogP contribution in [0.4, 0.5) is 0 Å². The molecule has 7 nitrogen and oxygen atoms in total. The van der Waals surface area contributed by atoms with E-state index in [1.165, 1.54) is 0 Å². The molecular formula is C27H36N2O5S. The number of carbonyl (C=O) groups excluding carboxylic acids is 2. The summed E-state index contributed by atoms with van der Waals surface area (Å²) in [7, 11) is 0. The number of fused-ring (bicyclic) bond motifs is 1. The third-order valence-electron chi connectivity index (χ3n) is 7.96. The minimum Gasteiger partial charge on any atom is -0.481 e. The first-order valence-electron chi connectivity index (χ1n) is 12.6. The minimum atomic E-state index is -0.942. The summed E-state index contributed by atoms with van der Waals surface area (Å²) >= 11 is 1.57. The first kappa shape index (κ1) is 25.8. The molecule has 1 spiro atoms. The van der Waals surface area contributed by atoms with E-state index < -0.39 is 33.3 Å². The van der Waals surface area contributed by atoms with E-state index in [1.807, 2.05) is 37.3 Å². The molecule has 0 aliphatic carbocycles. The number of rotatable bonds is 12. The molecule has 2 bridgehead atoms. The highest BCUT2D eigenvalue weighted by Gasteiger charge is 2.77. The second-order valence-corrected chi connectivity index (χ2v) is 12.1. The molecule has 3 saturated heterocycles. The Hall–Kier alpha value is -2.32. The van der Waals surface area contributed by atoms with Crippen LogP contribution in [-0.4, -0.2) is 73.0 Å². The van der Waals surface area contributed by atoms with E-state index in [9.17, 15) is 19.5 Å². The van der Waals surface area contributed by atoms with E-state index in [0.717, 1.165) is 24.8 Å². The van der Waals surface area contributed by atoms with Gasteiger partial charge in [0, 0.05) is 31.0 Å². The van der Waals surface area contributed by atoms with Crippen molar-refractivity contribution in [2.75, 3.05) is 19.7 Å². The number of benzene rings is 1. The van der Waals surface area contributed by atoms with Crippen LogP contribution in [0.5, 0.6) is 0 Å². The molecule has 1 aromatic carbocycles. The van der Waals surface area contributed by atoms with Gasteiger partial charge in [-0.25, -0.2) is 0 Å². The molecule has 8 heteroatoms. The van der Waals surface area contributed by atoms with Gasteiger partial charge in [-0.1, -0.05) is 49.2 Å². The number of hydrogen-bond acceptors (Lipinski definition) is 5. The number of aliphatic hydroxyl groups excluding tert-OH is 1. The van der Waals surface area contributed by atoms with Gasteiger partial charge < -0.3 is 20.0 Å². The highest BCUT2D eigenvalue weighted by Crippen LogP contribution is 2.71. The Bertz CT molecular complexity index is 972. The number of nitrogens with zero attached hydrogens (tertiary/aromatic N) is 2. The van der Waals surface area contributed by atoms with E-state index in [4.69, 9.17) is 5.11 Å². The number of likely N-dealkylation sites (tertiary alicyclic amines) is 1. The zero-order chi connectivity index (χ0) is 25.2. The Morgan fingerprint density at radius 3 is 2.57 bits per heavy atom. The zero-order valence-corrected chi connectivity index (χ0v) is 21.2. The number of carboxylic acids is 1. The van der Waals surface area contributed by atoms with Crippen LogP contribution in [0.15, 0.2) is 43.0 Å². The third-order valence-corrected chi connectivity index (χ3v) is 9.95. The number of thioether (sulfide) groups is 1. The average Bonchev–Trinajstić information content (AvgIpc) is 3.40. The van der Waals surface area contributed by atoms with E-state index in [1.54, 1.807) is 27.6 Å². The van der Waals surface area contributed by atoms with Crippen LogP contribution in [-0.2, 0) is 20.9 Å². The van der Waals surface area contributed by atoms with Crippen LogP contribution in [0.2, 0.25) is 0 Å². The molecule has 3 heterocycles. The fourth-order valence-corrected chi connectivity index (χ4v) is 8.78. The topological polar surface area (TPSA) is 98.2 Å². The summed E-state index contributed by atoms with van der Waals surface area (Å²) < 4.78 is -1.26. The Morgan fingerprint density at radius 2 is 1.91 bits per heavy atom. The Kier molecular flexibility index (Phi) is 7.62. The third kappa shape index (κ3) is 4.51. The van der Waals surface area contributed by atoms with Gasteiger partial charge in [-0.3, -0.25) is 14.4 Å². The van der Waals surface area contributed by atoms with E-state index in [2.05, 4.69) is 6.58 Å². The molecule has 2 amide bonds. The van der Waals surface area contributed by atoms with E-state index in [-0.39, 0.29) is 18.4 Å². The van der Waals surface area contributed by atoms with Crippen molar-refractivity contribution in [3.8, 4) is 0 Å². The zero-order valence-electron chi connectivity index (χ0n) is 20.4. The summed E-state index contributed by atoms with van der Waals surface area (Å²) in [6.07, 6.45) is 6.18. The second kappa shape index (κ2) is 10.3. The second-order valence-electron chi connectivity index (χ2n) is 10.2. The molecular weight excluding hydrogens is 464 g/mol. The maximum absolute atomic E-state index is 14.2. The molecule has 5 atom stereocenters. The lowest BCUT2D eigenvalue weighted by molar-refractivity contribution is -0.150. The molecule has 2 unspecified atom stereocenters. The van der Waals surface area contributed by atoms with Crippen LogP contribution in [0.25, 0.3) is 0 Å². The number of hydrogen-bond donors (Lipinski definition) is 2. The lowest BCUT2D eigenvalue weighted by Gasteiger charge is -2.37. The van der Waals surface area contributed by atoms with Gasteiger partial charge >= 0.3 is 5.97 Å². The van der Waals surface area contributed by atoms with Gasteiger partial charge in [0.25, 0.3) is 0 Å². The van der Waals surface area contributed by atoms with Gasteiger partial charge in [0.05, 0.1) is 16.6 Å². The van der Waals surface area contributed by atoms with Crippen molar-refractivity contribution in [2.24, 2.45) is 11.8 Å². The largest absolute Gasteiger partial charge is 0.481 e. The first-order valence-corrected chi connectivity index (χ1v) is 13.4. The van der Waals surface area contributed by atoms with Crippen molar-refractivity contribution in [3.63, 3.8) is 0 Å². The quantitative estimate of drug-likeness (QED) is 0.338. The molecule has 1 aromatic rings. The molecule has 0 aromatic heterocycles. The number of carboxylic acid groups (broad SMARTS) is 1. The molecule has 0 saturated carbocycles. The average molecular weight is 501 g/mol. The Labute approximate surface area is 211 Å².